The van der Waals surface area contributed by atoms with E-state index in [0.29, 0.717) is 5.25 Å². The molecule has 0 aliphatic heterocycles. The highest BCUT2D eigenvalue weighted by atomic mass is 32.2. The van der Waals surface area contributed by atoms with Gasteiger partial charge in [-0.1, -0.05) is 26.0 Å². The van der Waals surface area contributed by atoms with Crippen molar-refractivity contribution in [2.45, 2.75) is 36.8 Å². The molecular formula is C15H26N2S. The number of thioether (sulfide) groups is 1. The topological polar surface area (TPSA) is 29.3 Å². The molecule has 0 atom stereocenters. The number of rotatable bonds is 8. The molecule has 1 aromatic carbocycles. The summed E-state index contributed by atoms with van der Waals surface area (Å²) in [5.74, 6) is 0. The van der Waals surface area contributed by atoms with Crippen molar-refractivity contribution in [1.29, 1.82) is 0 Å². The van der Waals surface area contributed by atoms with E-state index < -0.39 is 0 Å². The smallest absolute Gasteiger partial charge is 0.00747 e. The molecule has 1 aromatic rings. The highest BCUT2D eigenvalue weighted by Gasteiger charge is 2.01. The summed E-state index contributed by atoms with van der Waals surface area (Å²) in [5.41, 5.74) is 6.93. The molecule has 18 heavy (non-hydrogen) atoms. The van der Waals surface area contributed by atoms with Crippen LogP contribution < -0.4 is 5.73 Å². The summed E-state index contributed by atoms with van der Waals surface area (Å²) >= 11 is 1.92. The van der Waals surface area contributed by atoms with Crippen LogP contribution in [0.5, 0.6) is 0 Å². The minimum absolute atomic E-state index is 0.651. The van der Waals surface area contributed by atoms with Crippen molar-refractivity contribution < 1.29 is 0 Å². The number of hydrogen-bond acceptors (Lipinski definition) is 3. The highest BCUT2D eigenvalue weighted by Crippen LogP contribution is 2.22. The molecular weight excluding hydrogens is 240 g/mol. The van der Waals surface area contributed by atoms with Gasteiger partial charge in [0.2, 0.25) is 0 Å². The molecule has 0 aromatic heterocycles. The maximum absolute atomic E-state index is 5.51. The maximum Gasteiger partial charge on any atom is 0.00747 e. The normalized spacial score (nSPS) is 11.4. The molecule has 0 spiro atoms. The third-order valence-electron chi connectivity index (χ3n) is 2.82. The van der Waals surface area contributed by atoms with E-state index in [1.165, 1.54) is 10.5 Å². The van der Waals surface area contributed by atoms with Gasteiger partial charge in [-0.25, -0.2) is 0 Å². The van der Waals surface area contributed by atoms with Crippen molar-refractivity contribution in [3.63, 3.8) is 0 Å². The summed E-state index contributed by atoms with van der Waals surface area (Å²) in [7, 11) is 2.17. The van der Waals surface area contributed by atoms with E-state index >= 15 is 0 Å². The average molecular weight is 266 g/mol. The van der Waals surface area contributed by atoms with Crippen molar-refractivity contribution in [1.82, 2.24) is 4.90 Å². The average Bonchev–Trinajstić information content (AvgIpc) is 2.35. The first-order chi connectivity index (χ1) is 8.61. The first-order valence-electron chi connectivity index (χ1n) is 6.76. The van der Waals surface area contributed by atoms with Gasteiger partial charge in [0.25, 0.3) is 0 Å². The zero-order valence-corrected chi connectivity index (χ0v) is 12.7. The van der Waals surface area contributed by atoms with Gasteiger partial charge in [-0.2, -0.15) is 0 Å². The quantitative estimate of drug-likeness (QED) is 0.733. The van der Waals surface area contributed by atoms with Crippen molar-refractivity contribution in [2.24, 2.45) is 5.73 Å². The molecule has 0 aliphatic carbocycles. The molecule has 0 unspecified atom stereocenters. The first-order valence-corrected chi connectivity index (χ1v) is 7.64. The third kappa shape index (κ3) is 6.43. The maximum atomic E-state index is 5.51. The molecule has 0 aliphatic rings. The van der Waals surface area contributed by atoms with E-state index in [4.69, 9.17) is 5.73 Å². The number of benzene rings is 1. The molecule has 0 heterocycles. The molecule has 0 bridgehead atoms. The molecule has 102 valence electrons. The summed E-state index contributed by atoms with van der Waals surface area (Å²) in [6.07, 6.45) is 2.20. The zero-order valence-electron chi connectivity index (χ0n) is 11.9. The van der Waals surface area contributed by atoms with E-state index in [1.54, 1.807) is 0 Å². The van der Waals surface area contributed by atoms with Gasteiger partial charge in [-0.05, 0) is 50.7 Å². The molecule has 0 radical (unpaired) electrons. The minimum atomic E-state index is 0.651. The van der Waals surface area contributed by atoms with Gasteiger partial charge in [-0.3, -0.25) is 0 Å². The largest absolute Gasteiger partial charge is 0.330 e. The van der Waals surface area contributed by atoms with E-state index in [9.17, 15) is 0 Å². The Bertz CT molecular complexity index is 322. The summed E-state index contributed by atoms with van der Waals surface area (Å²) in [6, 6.07) is 8.97. The Labute approximate surface area is 116 Å². The summed E-state index contributed by atoms with van der Waals surface area (Å²) in [4.78, 5) is 3.72. The molecule has 0 saturated heterocycles. The first kappa shape index (κ1) is 15.5. The molecule has 0 amide bonds. The Morgan fingerprint density at radius 1 is 1.17 bits per heavy atom. The second-order valence-electron chi connectivity index (χ2n) is 5.01. The fourth-order valence-corrected chi connectivity index (χ4v) is 2.64. The monoisotopic (exact) mass is 266 g/mol. The van der Waals surface area contributed by atoms with Crippen LogP contribution in [0.4, 0.5) is 0 Å². The molecule has 0 saturated carbocycles. The standard InChI is InChI=1S/C15H26N2S/c1-13(2)18-15-7-5-14(6-8-15)9-12-17(3)11-4-10-16/h5-8,13H,4,9-12,16H2,1-3H3. The number of nitrogens with zero attached hydrogens (tertiary/aromatic N) is 1. The predicted molar refractivity (Wildman–Crippen MR) is 82.3 cm³/mol. The summed E-state index contributed by atoms with van der Waals surface area (Å²) < 4.78 is 0. The lowest BCUT2D eigenvalue weighted by Gasteiger charge is -2.16. The van der Waals surface area contributed by atoms with Gasteiger partial charge in [-0.15, -0.1) is 11.8 Å². The van der Waals surface area contributed by atoms with Crippen LogP contribution in [-0.4, -0.2) is 36.8 Å². The zero-order chi connectivity index (χ0) is 13.4. The van der Waals surface area contributed by atoms with Gasteiger partial charge in [0.1, 0.15) is 0 Å². The summed E-state index contributed by atoms with van der Waals surface area (Å²) in [5, 5.41) is 0.651. The number of hydrogen-bond donors (Lipinski definition) is 1. The van der Waals surface area contributed by atoms with E-state index in [-0.39, 0.29) is 0 Å². The molecule has 0 fully saturated rings. The lowest BCUT2D eigenvalue weighted by molar-refractivity contribution is 0.335. The number of nitrogens with two attached hydrogens (primary N) is 1. The minimum Gasteiger partial charge on any atom is -0.330 e. The molecule has 1 rings (SSSR count). The van der Waals surface area contributed by atoms with Gasteiger partial charge >= 0.3 is 0 Å². The van der Waals surface area contributed by atoms with Crippen LogP contribution >= 0.6 is 11.8 Å². The van der Waals surface area contributed by atoms with Crippen molar-refractivity contribution >= 4 is 11.8 Å². The van der Waals surface area contributed by atoms with Crippen LogP contribution in [0.25, 0.3) is 0 Å². The Hall–Kier alpha value is -0.510. The van der Waals surface area contributed by atoms with Crippen LogP contribution in [0.15, 0.2) is 29.2 Å². The van der Waals surface area contributed by atoms with Crippen LogP contribution in [0, 0.1) is 0 Å². The summed E-state index contributed by atoms with van der Waals surface area (Å²) in [6.45, 7) is 7.44. The van der Waals surface area contributed by atoms with Crippen LogP contribution in [-0.2, 0) is 6.42 Å². The van der Waals surface area contributed by atoms with Crippen molar-refractivity contribution in [3.05, 3.63) is 29.8 Å². The van der Waals surface area contributed by atoms with E-state index in [2.05, 4.69) is 50.1 Å². The van der Waals surface area contributed by atoms with Crippen LogP contribution in [0.1, 0.15) is 25.8 Å². The second-order valence-corrected chi connectivity index (χ2v) is 6.66. The number of likely N-dealkylation sites (N-methyl/N-ethyl adjacent to an activating group) is 1. The Kier molecular flexibility index (Phi) is 7.40. The molecule has 2 N–H and O–H groups in total. The van der Waals surface area contributed by atoms with Gasteiger partial charge in [0.05, 0.1) is 0 Å². The Balaban J connectivity index is 2.34. The molecule has 2 nitrogen and oxygen atoms in total. The lowest BCUT2D eigenvalue weighted by Crippen LogP contribution is -2.24. The van der Waals surface area contributed by atoms with Gasteiger partial charge < -0.3 is 10.6 Å². The van der Waals surface area contributed by atoms with Crippen LogP contribution in [0.3, 0.4) is 0 Å². The van der Waals surface area contributed by atoms with E-state index in [1.807, 2.05) is 11.8 Å². The SMILES string of the molecule is CC(C)Sc1ccc(CCN(C)CCCN)cc1. The second kappa shape index (κ2) is 8.57. The fourth-order valence-electron chi connectivity index (χ4n) is 1.80. The Morgan fingerprint density at radius 2 is 1.83 bits per heavy atom. The Morgan fingerprint density at radius 3 is 2.39 bits per heavy atom. The van der Waals surface area contributed by atoms with Crippen molar-refractivity contribution in [3.8, 4) is 0 Å². The predicted octanol–water partition coefficient (Wildman–Crippen LogP) is 3.01. The van der Waals surface area contributed by atoms with Gasteiger partial charge in [0, 0.05) is 16.7 Å². The highest BCUT2D eigenvalue weighted by molar-refractivity contribution is 7.99. The fraction of sp³-hybridized carbons (Fsp3) is 0.600. The van der Waals surface area contributed by atoms with Crippen molar-refractivity contribution in [2.75, 3.05) is 26.7 Å². The van der Waals surface area contributed by atoms with Gasteiger partial charge in [0.15, 0.2) is 0 Å². The molecule has 3 heteroatoms. The third-order valence-corrected chi connectivity index (χ3v) is 3.84. The lowest BCUT2D eigenvalue weighted by atomic mass is 10.1. The van der Waals surface area contributed by atoms with Crippen LogP contribution in [0.2, 0.25) is 0 Å². The van der Waals surface area contributed by atoms with E-state index in [0.717, 1.165) is 32.5 Å².